The lowest BCUT2D eigenvalue weighted by atomic mass is 10.2. The second-order valence-electron chi connectivity index (χ2n) is 10.4. The summed E-state index contributed by atoms with van der Waals surface area (Å²) < 4.78 is 66.8. The van der Waals surface area contributed by atoms with E-state index in [0.29, 0.717) is 23.8 Å². The van der Waals surface area contributed by atoms with Crippen LogP contribution in [-0.2, 0) is 20.0 Å². The van der Waals surface area contributed by atoms with Crippen LogP contribution < -0.4 is 18.7 Å². The number of halogens is 1. The fraction of sp³-hybridized carbons (Fsp3) is 0.219. The molecule has 0 unspecified atom stereocenters. The van der Waals surface area contributed by atoms with Gasteiger partial charge >= 0.3 is 5.97 Å². The Morgan fingerprint density at radius 1 is 0.844 bits per heavy atom. The number of piperazine rings is 1. The highest BCUT2D eigenvalue weighted by Gasteiger charge is 2.32. The number of esters is 1. The van der Waals surface area contributed by atoms with Crippen molar-refractivity contribution in [2.75, 3.05) is 49.5 Å². The van der Waals surface area contributed by atoms with Gasteiger partial charge in [0.05, 0.1) is 23.3 Å². The molecular weight excluding hydrogens is 638 g/mol. The second kappa shape index (κ2) is 13.1. The van der Waals surface area contributed by atoms with Crippen molar-refractivity contribution in [1.29, 1.82) is 0 Å². The molecule has 1 heterocycles. The van der Waals surface area contributed by atoms with Gasteiger partial charge in [0, 0.05) is 43.9 Å². The summed E-state index contributed by atoms with van der Waals surface area (Å²) in [4.78, 5) is 15.2. The van der Waals surface area contributed by atoms with Crippen LogP contribution in [0, 0.1) is 6.92 Å². The van der Waals surface area contributed by atoms with Crippen LogP contribution in [0.5, 0.6) is 11.5 Å². The summed E-state index contributed by atoms with van der Waals surface area (Å²) in [6.45, 7) is 3.25. The van der Waals surface area contributed by atoms with E-state index in [1.54, 1.807) is 30.3 Å². The van der Waals surface area contributed by atoms with Gasteiger partial charge in [-0.15, -0.1) is 0 Å². The van der Waals surface area contributed by atoms with Crippen molar-refractivity contribution in [3.63, 3.8) is 0 Å². The van der Waals surface area contributed by atoms with Gasteiger partial charge in [0.25, 0.3) is 10.0 Å². The third kappa shape index (κ3) is 6.94. The van der Waals surface area contributed by atoms with Crippen LogP contribution in [0.1, 0.15) is 15.9 Å². The Morgan fingerprint density at radius 3 is 2.13 bits per heavy atom. The van der Waals surface area contributed by atoms with Gasteiger partial charge in [-0.2, -0.15) is 4.31 Å². The normalized spacial score (nSPS) is 14.2. The molecule has 10 nitrogen and oxygen atoms in total. The summed E-state index contributed by atoms with van der Waals surface area (Å²) >= 11 is 6.12. The number of methoxy groups -OCH3 is 1. The zero-order valence-electron chi connectivity index (χ0n) is 24.9. The summed E-state index contributed by atoms with van der Waals surface area (Å²) in [5.74, 6) is -0.526. The second-order valence-corrected chi connectivity index (χ2v) is 14.7. The van der Waals surface area contributed by atoms with E-state index in [1.165, 1.54) is 60.9 Å². The molecule has 13 heteroatoms. The topological polar surface area (TPSA) is 114 Å². The number of nitrogens with zero attached hydrogens (tertiary/aromatic N) is 3. The van der Waals surface area contributed by atoms with Crippen LogP contribution in [0.3, 0.4) is 0 Å². The van der Waals surface area contributed by atoms with E-state index in [2.05, 4.69) is 4.90 Å². The average molecular weight is 670 g/mol. The van der Waals surface area contributed by atoms with Gasteiger partial charge in [0.1, 0.15) is 16.4 Å². The summed E-state index contributed by atoms with van der Waals surface area (Å²) in [5, 5.41) is 0.602. The highest BCUT2D eigenvalue weighted by atomic mass is 35.5. The summed E-state index contributed by atoms with van der Waals surface area (Å²) in [5.41, 5.74) is 2.23. The minimum Gasteiger partial charge on any atom is -0.495 e. The minimum absolute atomic E-state index is 0.00934. The molecule has 1 aliphatic rings. The van der Waals surface area contributed by atoms with Crippen LogP contribution in [-0.4, -0.2) is 67.4 Å². The summed E-state index contributed by atoms with van der Waals surface area (Å²) in [6, 6.07) is 24.0. The van der Waals surface area contributed by atoms with Crippen LogP contribution in [0.2, 0.25) is 5.02 Å². The van der Waals surface area contributed by atoms with Crippen molar-refractivity contribution in [3.05, 3.63) is 107 Å². The Balaban J connectivity index is 1.29. The van der Waals surface area contributed by atoms with E-state index in [4.69, 9.17) is 21.1 Å². The van der Waals surface area contributed by atoms with Crippen molar-refractivity contribution >= 4 is 49.0 Å². The lowest BCUT2D eigenvalue weighted by Gasteiger charge is -2.35. The van der Waals surface area contributed by atoms with Gasteiger partial charge in [0.15, 0.2) is 0 Å². The van der Waals surface area contributed by atoms with Crippen LogP contribution in [0.15, 0.2) is 101 Å². The molecule has 45 heavy (non-hydrogen) atoms. The number of rotatable bonds is 9. The molecule has 0 aliphatic carbocycles. The van der Waals surface area contributed by atoms with Gasteiger partial charge in [-0.1, -0.05) is 35.4 Å². The molecule has 1 aliphatic heterocycles. The van der Waals surface area contributed by atoms with Crippen molar-refractivity contribution in [3.8, 4) is 11.5 Å². The summed E-state index contributed by atoms with van der Waals surface area (Å²) in [7, 11) is -5.01. The predicted octanol–water partition coefficient (Wildman–Crippen LogP) is 5.21. The van der Waals surface area contributed by atoms with E-state index in [9.17, 15) is 21.6 Å². The van der Waals surface area contributed by atoms with E-state index < -0.39 is 26.0 Å². The average Bonchev–Trinajstić information content (AvgIpc) is 3.04. The highest BCUT2D eigenvalue weighted by Crippen LogP contribution is 2.31. The molecule has 236 valence electrons. The Labute approximate surface area is 268 Å². The molecule has 0 spiro atoms. The largest absolute Gasteiger partial charge is 0.495 e. The van der Waals surface area contributed by atoms with E-state index in [-0.39, 0.29) is 39.9 Å². The lowest BCUT2D eigenvalue weighted by Crippen LogP contribution is -2.48. The maximum atomic E-state index is 13.7. The monoisotopic (exact) mass is 669 g/mol. The smallest absolute Gasteiger partial charge is 0.343 e. The number of carbonyl (C=O) groups is 1. The predicted molar refractivity (Wildman–Crippen MR) is 174 cm³/mol. The Bertz CT molecular complexity index is 1910. The number of hydrogen-bond acceptors (Lipinski definition) is 8. The number of anilines is 2. The van der Waals surface area contributed by atoms with Crippen molar-refractivity contribution in [2.24, 2.45) is 0 Å². The molecule has 1 saturated heterocycles. The molecule has 0 radical (unpaired) electrons. The molecule has 0 saturated carbocycles. The molecule has 0 bridgehead atoms. The number of hydrogen-bond donors (Lipinski definition) is 0. The van der Waals surface area contributed by atoms with Crippen LogP contribution >= 0.6 is 11.6 Å². The molecule has 0 amide bonds. The third-order valence-electron chi connectivity index (χ3n) is 7.52. The van der Waals surface area contributed by atoms with Gasteiger partial charge in [-0.3, -0.25) is 4.31 Å². The first-order valence-corrected chi connectivity index (χ1v) is 17.2. The number of aryl methyl sites for hydroxylation is 1. The van der Waals surface area contributed by atoms with E-state index in [0.717, 1.165) is 15.6 Å². The number of benzene rings is 4. The quantitative estimate of drug-likeness (QED) is 0.176. The van der Waals surface area contributed by atoms with Gasteiger partial charge in [-0.05, 0) is 79.7 Å². The molecular formula is C32H32ClN3O7S2. The molecule has 4 aromatic rings. The third-order valence-corrected chi connectivity index (χ3v) is 11.5. The van der Waals surface area contributed by atoms with Crippen molar-refractivity contribution in [1.82, 2.24) is 4.31 Å². The maximum absolute atomic E-state index is 13.7. The van der Waals surface area contributed by atoms with Crippen LogP contribution in [0.25, 0.3) is 0 Å². The standard InChI is InChI=1S/C32H32ClN3O7S2/c1-23-7-14-29(15-8-23)44(38,39)34(2)26-10-12-28(13-11-26)43-32(37)24-9-16-30(42-3)31(21-24)45(40,41)36-19-17-35(18-20-36)27-6-4-5-25(33)22-27/h4-16,21-22H,17-20H2,1-3H3. The first-order valence-electron chi connectivity index (χ1n) is 14.0. The maximum Gasteiger partial charge on any atom is 0.343 e. The number of ether oxygens (including phenoxy) is 2. The number of carbonyl (C=O) groups excluding carboxylic acids is 1. The first-order chi connectivity index (χ1) is 21.4. The fourth-order valence-electron chi connectivity index (χ4n) is 4.90. The van der Waals surface area contributed by atoms with E-state index >= 15 is 0 Å². The van der Waals surface area contributed by atoms with Crippen molar-refractivity contribution in [2.45, 2.75) is 16.7 Å². The minimum atomic E-state index is -4.02. The molecule has 0 atom stereocenters. The number of sulfonamides is 2. The zero-order chi connectivity index (χ0) is 32.4. The molecule has 0 aromatic heterocycles. The Hall–Kier alpha value is -4.10. The lowest BCUT2D eigenvalue weighted by molar-refractivity contribution is 0.0734. The fourth-order valence-corrected chi connectivity index (χ4v) is 7.88. The zero-order valence-corrected chi connectivity index (χ0v) is 27.3. The van der Waals surface area contributed by atoms with Crippen molar-refractivity contribution < 1.29 is 31.1 Å². The Kier molecular flexibility index (Phi) is 9.40. The van der Waals surface area contributed by atoms with Gasteiger partial charge < -0.3 is 14.4 Å². The Morgan fingerprint density at radius 2 is 1.51 bits per heavy atom. The SMILES string of the molecule is COc1ccc(C(=O)Oc2ccc(N(C)S(=O)(=O)c3ccc(C)cc3)cc2)cc1S(=O)(=O)N1CCN(c2cccc(Cl)c2)CC1. The van der Waals surface area contributed by atoms with Gasteiger partial charge in [0.2, 0.25) is 10.0 Å². The molecule has 4 aromatic carbocycles. The highest BCUT2D eigenvalue weighted by molar-refractivity contribution is 7.92. The molecule has 0 N–H and O–H groups in total. The summed E-state index contributed by atoms with van der Waals surface area (Å²) in [6.07, 6.45) is 0. The molecule has 5 rings (SSSR count). The van der Waals surface area contributed by atoms with Crippen LogP contribution in [0.4, 0.5) is 11.4 Å². The van der Waals surface area contributed by atoms with E-state index in [1.807, 2.05) is 25.1 Å². The van der Waals surface area contributed by atoms with Gasteiger partial charge in [-0.25, -0.2) is 21.6 Å². The first kappa shape index (κ1) is 32.3. The molecule has 1 fully saturated rings.